The van der Waals surface area contributed by atoms with Gasteiger partial charge in [0.2, 0.25) is 0 Å². The van der Waals surface area contributed by atoms with Gasteiger partial charge in [-0.1, -0.05) is 30.3 Å². The molecule has 1 aromatic heterocycles. The minimum Gasteiger partial charge on any atom is -0.294 e. The summed E-state index contributed by atoms with van der Waals surface area (Å²) in [5, 5.41) is 0. The number of rotatable bonds is 3. The molecule has 2 heteroatoms. The molecule has 102 valence electrons. The van der Waals surface area contributed by atoms with Crippen molar-refractivity contribution < 1.29 is 4.79 Å². The van der Waals surface area contributed by atoms with Gasteiger partial charge in [0.05, 0.1) is 0 Å². The number of hydrogen-bond acceptors (Lipinski definition) is 2. The number of benzene rings is 1. The lowest BCUT2D eigenvalue weighted by molar-refractivity contribution is 0.0909. The first-order chi connectivity index (χ1) is 9.84. The number of pyridine rings is 1. The molecular weight excluding hydrogens is 246 g/mol. The van der Waals surface area contributed by atoms with Crippen LogP contribution in [0.15, 0.2) is 48.8 Å². The number of carbonyl (C=O) groups excluding carboxylic acids is 1. The van der Waals surface area contributed by atoms with Crippen LogP contribution in [0.1, 0.15) is 40.7 Å². The van der Waals surface area contributed by atoms with Crippen LogP contribution in [0.2, 0.25) is 0 Å². The van der Waals surface area contributed by atoms with E-state index in [0.717, 1.165) is 37.7 Å². The molecule has 2 aromatic rings. The Morgan fingerprint density at radius 1 is 1.15 bits per heavy atom. The number of aryl methyl sites for hydroxylation is 2. The van der Waals surface area contributed by atoms with Crippen molar-refractivity contribution in [3.8, 4) is 0 Å². The Hall–Kier alpha value is -1.96. The first-order valence-electron chi connectivity index (χ1n) is 7.35. The summed E-state index contributed by atoms with van der Waals surface area (Å²) in [6.07, 6.45) is 8.70. The third-order valence-corrected chi connectivity index (χ3v) is 4.16. The van der Waals surface area contributed by atoms with Crippen molar-refractivity contribution in [1.29, 1.82) is 0 Å². The molecule has 1 aliphatic carbocycles. The van der Waals surface area contributed by atoms with Crippen LogP contribution in [0.25, 0.3) is 0 Å². The first kappa shape index (κ1) is 13.0. The second kappa shape index (κ2) is 6.00. The van der Waals surface area contributed by atoms with E-state index in [2.05, 4.69) is 17.1 Å². The zero-order valence-corrected chi connectivity index (χ0v) is 11.6. The van der Waals surface area contributed by atoms with Crippen LogP contribution in [-0.4, -0.2) is 10.8 Å². The topological polar surface area (TPSA) is 30.0 Å². The van der Waals surface area contributed by atoms with E-state index in [1.807, 2.05) is 30.5 Å². The van der Waals surface area contributed by atoms with E-state index in [1.165, 1.54) is 11.1 Å². The number of Topliss-reactive ketones (excluding diaryl/α,β-unsaturated/α-hetero) is 1. The summed E-state index contributed by atoms with van der Waals surface area (Å²) in [4.78, 5) is 16.8. The fourth-order valence-electron chi connectivity index (χ4n) is 3.03. The molecular formula is C18H19NO. The molecule has 1 heterocycles. The first-order valence-corrected chi connectivity index (χ1v) is 7.35. The van der Waals surface area contributed by atoms with Crippen molar-refractivity contribution in [1.82, 2.24) is 4.98 Å². The molecule has 0 bridgehead atoms. The van der Waals surface area contributed by atoms with E-state index >= 15 is 0 Å². The summed E-state index contributed by atoms with van der Waals surface area (Å²) in [6, 6.07) is 12.1. The third-order valence-electron chi connectivity index (χ3n) is 4.16. The van der Waals surface area contributed by atoms with Gasteiger partial charge in [0.15, 0.2) is 5.78 Å². The van der Waals surface area contributed by atoms with Crippen LogP contribution in [-0.2, 0) is 12.8 Å². The normalized spacial score (nSPS) is 18.4. The minimum absolute atomic E-state index is 0.166. The van der Waals surface area contributed by atoms with Crippen LogP contribution in [0.4, 0.5) is 0 Å². The molecule has 1 atom stereocenters. The van der Waals surface area contributed by atoms with Gasteiger partial charge < -0.3 is 0 Å². The number of hydrogen-bond donors (Lipinski definition) is 0. The van der Waals surface area contributed by atoms with Gasteiger partial charge in [0, 0.05) is 23.9 Å². The lowest BCUT2D eigenvalue weighted by Gasteiger charge is -2.13. The van der Waals surface area contributed by atoms with Gasteiger partial charge in [-0.15, -0.1) is 0 Å². The monoisotopic (exact) mass is 265 g/mol. The molecule has 0 spiro atoms. The van der Waals surface area contributed by atoms with Crippen LogP contribution in [0.3, 0.4) is 0 Å². The van der Waals surface area contributed by atoms with E-state index < -0.39 is 0 Å². The van der Waals surface area contributed by atoms with Crippen molar-refractivity contribution in [2.24, 2.45) is 5.92 Å². The summed E-state index contributed by atoms with van der Waals surface area (Å²) in [7, 11) is 0. The number of fused-ring (bicyclic) bond motifs is 1. The van der Waals surface area contributed by atoms with Crippen molar-refractivity contribution in [2.75, 3.05) is 0 Å². The molecule has 0 fully saturated rings. The predicted molar refractivity (Wildman–Crippen MR) is 79.8 cm³/mol. The van der Waals surface area contributed by atoms with Gasteiger partial charge in [-0.2, -0.15) is 0 Å². The molecule has 0 saturated carbocycles. The fraction of sp³-hybridized carbons (Fsp3) is 0.333. The largest absolute Gasteiger partial charge is 0.294 e. The van der Waals surface area contributed by atoms with Crippen LogP contribution < -0.4 is 0 Å². The molecule has 0 N–H and O–H groups in total. The molecule has 0 radical (unpaired) electrons. The van der Waals surface area contributed by atoms with Gasteiger partial charge in [-0.25, -0.2) is 0 Å². The Morgan fingerprint density at radius 3 is 2.90 bits per heavy atom. The van der Waals surface area contributed by atoms with Crippen LogP contribution in [0.5, 0.6) is 0 Å². The molecule has 2 nitrogen and oxygen atoms in total. The van der Waals surface area contributed by atoms with Crippen molar-refractivity contribution >= 4 is 5.78 Å². The Balaban J connectivity index is 1.73. The lowest BCUT2D eigenvalue weighted by Crippen LogP contribution is -2.15. The SMILES string of the molecule is O=C1c2ccccc2CCCC1CCc1cccnc1. The summed E-state index contributed by atoms with van der Waals surface area (Å²) < 4.78 is 0. The standard InChI is InChI=1S/C18H19NO/c20-18-16(11-10-14-5-4-12-19-13-14)8-3-7-15-6-1-2-9-17(15)18/h1-2,4-6,9,12-13,16H,3,7-8,10-11H2. The summed E-state index contributed by atoms with van der Waals surface area (Å²) >= 11 is 0. The molecule has 20 heavy (non-hydrogen) atoms. The average Bonchev–Trinajstić information content (AvgIpc) is 2.66. The Kier molecular flexibility index (Phi) is 3.91. The average molecular weight is 265 g/mol. The Bertz CT molecular complexity index is 591. The van der Waals surface area contributed by atoms with Crippen molar-refractivity contribution in [3.63, 3.8) is 0 Å². The molecule has 1 unspecified atom stereocenters. The van der Waals surface area contributed by atoms with Crippen molar-refractivity contribution in [3.05, 3.63) is 65.5 Å². The molecule has 0 aliphatic heterocycles. The third kappa shape index (κ3) is 2.79. The van der Waals surface area contributed by atoms with Crippen molar-refractivity contribution in [2.45, 2.75) is 32.1 Å². The minimum atomic E-state index is 0.166. The molecule has 3 rings (SSSR count). The highest BCUT2D eigenvalue weighted by molar-refractivity contribution is 5.99. The van der Waals surface area contributed by atoms with Gasteiger partial charge >= 0.3 is 0 Å². The van der Waals surface area contributed by atoms with E-state index in [-0.39, 0.29) is 5.92 Å². The molecule has 0 amide bonds. The fourth-order valence-corrected chi connectivity index (χ4v) is 3.03. The van der Waals surface area contributed by atoms with E-state index in [0.29, 0.717) is 5.78 Å². The predicted octanol–water partition coefficient (Wildman–Crippen LogP) is 3.85. The molecule has 1 aromatic carbocycles. The van der Waals surface area contributed by atoms with Crippen LogP contribution >= 0.6 is 0 Å². The number of aromatic nitrogens is 1. The number of carbonyl (C=O) groups is 1. The molecule has 0 saturated heterocycles. The van der Waals surface area contributed by atoms with Gasteiger partial charge in [0.25, 0.3) is 0 Å². The van der Waals surface area contributed by atoms with E-state index in [9.17, 15) is 4.79 Å². The van der Waals surface area contributed by atoms with Gasteiger partial charge in [0.1, 0.15) is 0 Å². The highest BCUT2D eigenvalue weighted by atomic mass is 16.1. The quantitative estimate of drug-likeness (QED) is 0.789. The highest BCUT2D eigenvalue weighted by Crippen LogP contribution is 2.27. The van der Waals surface area contributed by atoms with Crippen LogP contribution in [0, 0.1) is 5.92 Å². The summed E-state index contributed by atoms with van der Waals surface area (Å²) in [5.41, 5.74) is 3.39. The number of nitrogens with zero attached hydrogens (tertiary/aromatic N) is 1. The maximum atomic E-state index is 12.6. The smallest absolute Gasteiger partial charge is 0.166 e. The zero-order chi connectivity index (χ0) is 13.8. The maximum absolute atomic E-state index is 12.6. The maximum Gasteiger partial charge on any atom is 0.166 e. The second-order valence-electron chi connectivity index (χ2n) is 5.51. The summed E-state index contributed by atoms with van der Waals surface area (Å²) in [6.45, 7) is 0. The molecule has 1 aliphatic rings. The van der Waals surface area contributed by atoms with E-state index in [1.54, 1.807) is 6.20 Å². The Morgan fingerprint density at radius 2 is 2.05 bits per heavy atom. The summed E-state index contributed by atoms with van der Waals surface area (Å²) in [5.74, 6) is 0.501. The zero-order valence-electron chi connectivity index (χ0n) is 11.6. The second-order valence-corrected chi connectivity index (χ2v) is 5.51. The lowest BCUT2D eigenvalue weighted by atomic mass is 9.90. The Labute approximate surface area is 119 Å². The van der Waals surface area contributed by atoms with Gasteiger partial charge in [-0.05, 0) is 49.3 Å². The highest BCUT2D eigenvalue weighted by Gasteiger charge is 2.24. The van der Waals surface area contributed by atoms with Gasteiger partial charge in [-0.3, -0.25) is 9.78 Å². The van der Waals surface area contributed by atoms with E-state index in [4.69, 9.17) is 0 Å². The number of ketones is 1.